The Hall–Kier alpha value is -3.10. The minimum atomic E-state index is -0.745. The molecule has 0 radical (unpaired) electrons. The lowest BCUT2D eigenvalue weighted by Gasteiger charge is -2.32. The fraction of sp³-hybridized carbons (Fsp3) is 0.400. The van der Waals surface area contributed by atoms with Crippen molar-refractivity contribution >= 4 is 5.91 Å². The van der Waals surface area contributed by atoms with E-state index in [0.29, 0.717) is 18.7 Å². The van der Waals surface area contributed by atoms with Crippen molar-refractivity contribution in [1.29, 1.82) is 0 Å². The van der Waals surface area contributed by atoms with Crippen LogP contribution in [0.2, 0.25) is 0 Å². The van der Waals surface area contributed by atoms with Crippen LogP contribution in [0.3, 0.4) is 0 Å². The number of halogens is 2. The van der Waals surface area contributed by atoms with Gasteiger partial charge in [-0.15, -0.1) is 10.2 Å². The van der Waals surface area contributed by atoms with Crippen molar-refractivity contribution in [3.8, 4) is 11.3 Å². The van der Waals surface area contributed by atoms with Crippen molar-refractivity contribution in [1.82, 2.24) is 29.4 Å². The van der Waals surface area contributed by atoms with Crippen molar-refractivity contribution in [3.05, 3.63) is 53.7 Å². The van der Waals surface area contributed by atoms with E-state index in [0.717, 1.165) is 37.3 Å². The van der Waals surface area contributed by atoms with Gasteiger partial charge >= 0.3 is 0 Å². The molecule has 0 saturated carbocycles. The Morgan fingerprint density at radius 3 is 2.90 bits per heavy atom. The Kier molecular flexibility index (Phi) is 5.12. The van der Waals surface area contributed by atoms with Crippen LogP contribution >= 0.6 is 0 Å². The summed E-state index contributed by atoms with van der Waals surface area (Å²) in [5, 5.41) is 12.5. The first-order valence-corrected chi connectivity index (χ1v) is 9.64. The number of hydrogen-bond donors (Lipinski definition) is 0. The van der Waals surface area contributed by atoms with Gasteiger partial charge in [0.2, 0.25) is 0 Å². The molecule has 0 bridgehead atoms. The summed E-state index contributed by atoms with van der Waals surface area (Å²) in [6.07, 6.45) is 5.05. The van der Waals surface area contributed by atoms with E-state index in [1.54, 1.807) is 24.5 Å². The lowest BCUT2D eigenvalue weighted by atomic mass is 9.96. The second kappa shape index (κ2) is 7.73. The van der Waals surface area contributed by atoms with E-state index in [2.05, 4.69) is 15.3 Å². The third-order valence-corrected chi connectivity index (χ3v) is 5.31. The van der Waals surface area contributed by atoms with Gasteiger partial charge in [-0.1, -0.05) is 0 Å². The Morgan fingerprint density at radius 2 is 2.14 bits per heavy atom. The van der Waals surface area contributed by atoms with Gasteiger partial charge < -0.3 is 9.47 Å². The van der Waals surface area contributed by atoms with E-state index in [4.69, 9.17) is 0 Å². The minimum Gasteiger partial charge on any atom is -0.338 e. The molecule has 1 atom stereocenters. The van der Waals surface area contributed by atoms with Crippen LogP contribution in [0, 0.1) is 11.6 Å². The predicted octanol–water partition coefficient (Wildman–Crippen LogP) is 3.00. The number of nitrogens with zero attached hydrogens (tertiary/aromatic N) is 6. The lowest BCUT2D eigenvalue weighted by molar-refractivity contribution is 0.0704. The molecule has 0 N–H and O–H groups in total. The van der Waals surface area contributed by atoms with E-state index >= 15 is 0 Å². The Balaban J connectivity index is 1.63. The molecule has 4 rings (SSSR count). The van der Waals surface area contributed by atoms with Gasteiger partial charge in [0.25, 0.3) is 5.91 Å². The summed E-state index contributed by atoms with van der Waals surface area (Å²) in [7, 11) is 1.67. The molecule has 3 aromatic rings. The molecule has 152 valence electrons. The van der Waals surface area contributed by atoms with Crippen LogP contribution < -0.4 is 0 Å². The summed E-state index contributed by atoms with van der Waals surface area (Å²) >= 11 is 0. The average Bonchev–Trinajstić information content (AvgIpc) is 3.34. The van der Waals surface area contributed by atoms with Crippen molar-refractivity contribution in [3.63, 3.8) is 0 Å². The van der Waals surface area contributed by atoms with Crippen molar-refractivity contribution in [2.75, 3.05) is 13.1 Å². The van der Waals surface area contributed by atoms with Crippen LogP contribution in [0.4, 0.5) is 8.78 Å². The zero-order valence-corrected chi connectivity index (χ0v) is 16.3. The van der Waals surface area contributed by atoms with Crippen LogP contribution in [-0.4, -0.2) is 48.4 Å². The molecule has 1 saturated heterocycles. The first kappa shape index (κ1) is 19.2. The highest BCUT2D eigenvalue weighted by molar-refractivity contribution is 6.00. The van der Waals surface area contributed by atoms with Gasteiger partial charge in [0.05, 0.1) is 5.56 Å². The number of likely N-dealkylation sites (tertiary alicyclic amines) is 1. The summed E-state index contributed by atoms with van der Waals surface area (Å²) in [5.41, 5.74) is 0.624. The van der Waals surface area contributed by atoms with Crippen LogP contribution in [0.15, 0.2) is 30.7 Å². The van der Waals surface area contributed by atoms with E-state index in [9.17, 15) is 13.6 Å². The summed E-state index contributed by atoms with van der Waals surface area (Å²) in [6, 6.07) is 3.27. The normalized spacial score (nSPS) is 17.0. The zero-order chi connectivity index (χ0) is 20.5. The zero-order valence-electron chi connectivity index (χ0n) is 16.3. The number of aryl methyl sites for hydroxylation is 2. The number of carbonyl (C=O) groups excluding carboxylic acids is 1. The summed E-state index contributed by atoms with van der Waals surface area (Å²) < 4.78 is 31.1. The number of carbonyl (C=O) groups is 1. The molecule has 1 unspecified atom stereocenters. The Bertz CT molecular complexity index is 1040. The molecule has 1 aromatic carbocycles. The number of hydrogen-bond acceptors (Lipinski definition) is 4. The predicted molar refractivity (Wildman–Crippen MR) is 102 cm³/mol. The second-order valence-corrected chi connectivity index (χ2v) is 7.25. The highest BCUT2D eigenvalue weighted by Gasteiger charge is 2.31. The number of rotatable bonds is 4. The molecule has 3 heterocycles. The maximum atomic E-state index is 14.3. The third-order valence-electron chi connectivity index (χ3n) is 5.31. The lowest BCUT2D eigenvalue weighted by Crippen LogP contribution is -2.39. The highest BCUT2D eigenvalue weighted by Crippen LogP contribution is 2.30. The van der Waals surface area contributed by atoms with Gasteiger partial charge in [-0.2, -0.15) is 5.10 Å². The van der Waals surface area contributed by atoms with E-state index in [-0.39, 0.29) is 23.1 Å². The SMILES string of the molecule is CCn1cnnc1C1CCCN(C(=O)c2cn(C)nc2-c2ccc(F)cc2F)C1. The summed E-state index contributed by atoms with van der Waals surface area (Å²) in [5.74, 6) is -0.665. The van der Waals surface area contributed by atoms with Crippen molar-refractivity contribution < 1.29 is 13.6 Å². The number of aromatic nitrogens is 5. The van der Waals surface area contributed by atoms with E-state index in [1.165, 1.54) is 10.7 Å². The Labute approximate surface area is 167 Å². The van der Waals surface area contributed by atoms with Crippen LogP contribution in [0.5, 0.6) is 0 Å². The maximum Gasteiger partial charge on any atom is 0.257 e. The number of amides is 1. The van der Waals surface area contributed by atoms with Crippen LogP contribution in [0.25, 0.3) is 11.3 Å². The summed E-state index contributed by atoms with van der Waals surface area (Å²) in [6.45, 7) is 3.91. The van der Waals surface area contributed by atoms with Gasteiger partial charge in [0.1, 0.15) is 29.5 Å². The van der Waals surface area contributed by atoms with Crippen molar-refractivity contribution in [2.24, 2.45) is 7.05 Å². The standard InChI is InChI=1S/C20H22F2N6O/c1-3-27-12-23-24-19(27)13-5-4-8-28(10-13)20(29)16-11-26(2)25-18(16)15-7-6-14(21)9-17(15)22/h6-7,9,11-13H,3-5,8,10H2,1-2H3. The summed E-state index contributed by atoms with van der Waals surface area (Å²) in [4.78, 5) is 15.0. The molecule has 29 heavy (non-hydrogen) atoms. The highest BCUT2D eigenvalue weighted by atomic mass is 19.1. The first-order chi connectivity index (χ1) is 14.0. The topological polar surface area (TPSA) is 68.8 Å². The third kappa shape index (κ3) is 3.64. The molecular formula is C20H22F2N6O. The molecule has 1 amide bonds. The molecule has 9 heteroatoms. The molecular weight excluding hydrogens is 378 g/mol. The molecule has 1 aliphatic heterocycles. The smallest absolute Gasteiger partial charge is 0.257 e. The van der Waals surface area contributed by atoms with Crippen molar-refractivity contribution in [2.45, 2.75) is 32.2 Å². The van der Waals surface area contributed by atoms with Gasteiger partial charge in [0.15, 0.2) is 0 Å². The molecule has 2 aromatic heterocycles. The fourth-order valence-corrected chi connectivity index (χ4v) is 3.89. The van der Waals surface area contributed by atoms with Crippen LogP contribution in [-0.2, 0) is 13.6 Å². The van der Waals surface area contributed by atoms with Gasteiger partial charge in [-0.25, -0.2) is 8.78 Å². The maximum absolute atomic E-state index is 14.3. The monoisotopic (exact) mass is 400 g/mol. The largest absolute Gasteiger partial charge is 0.338 e. The molecule has 1 fully saturated rings. The fourth-order valence-electron chi connectivity index (χ4n) is 3.89. The molecule has 0 aliphatic carbocycles. The molecule has 7 nitrogen and oxygen atoms in total. The average molecular weight is 400 g/mol. The molecule has 0 spiro atoms. The number of benzene rings is 1. The second-order valence-electron chi connectivity index (χ2n) is 7.25. The number of piperidine rings is 1. The van der Waals surface area contributed by atoms with E-state index in [1.807, 2.05) is 11.5 Å². The van der Waals surface area contributed by atoms with E-state index < -0.39 is 11.6 Å². The van der Waals surface area contributed by atoms with Gasteiger partial charge in [-0.3, -0.25) is 9.48 Å². The van der Waals surface area contributed by atoms with Crippen LogP contribution in [0.1, 0.15) is 41.9 Å². The van der Waals surface area contributed by atoms with Gasteiger partial charge in [0, 0.05) is 50.4 Å². The Morgan fingerprint density at radius 1 is 1.31 bits per heavy atom. The molecule has 1 aliphatic rings. The van der Waals surface area contributed by atoms with Gasteiger partial charge in [-0.05, 0) is 31.9 Å². The first-order valence-electron chi connectivity index (χ1n) is 9.64. The minimum absolute atomic E-state index is 0.0952. The quantitative estimate of drug-likeness (QED) is 0.675.